The smallest absolute Gasteiger partial charge is 0.331 e. The van der Waals surface area contributed by atoms with E-state index in [1.807, 2.05) is 54.6 Å². The molecule has 0 spiro atoms. The number of hydrogen-bond donors (Lipinski definition) is 1. The predicted molar refractivity (Wildman–Crippen MR) is 127 cm³/mol. The number of carbonyl (C=O) groups excluding carboxylic acids is 1. The van der Waals surface area contributed by atoms with Gasteiger partial charge in [0.25, 0.3) is 0 Å². The van der Waals surface area contributed by atoms with Crippen LogP contribution in [-0.2, 0) is 0 Å². The summed E-state index contributed by atoms with van der Waals surface area (Å²) in [5.74, 6) is 2.03. The summed E-state index contributed by atoms with van der Waals surface area (Å²) in [6, 6.07) is 16.5. The number of imidazole rings is 1. The Labute approximate surface area is 189 Å². The van der Waals surface area contributed by atoms with E-state index in [1.165, 1.54) is 9.47 Å². The molecule has 33 heavy (non-hydrogen) atoms. The van der Waals surface area contributed by atoms with Gasteiger partial charge in [0.05, 0.1) is 23.7 Å². The highest BCUT2D eigenvalue weighted by Gasteiger charge is 2.20. The van der Waals surface area contributed by atoms with E-state index < -0.39 is 0 Å². The molecule has 0 aliphatic carbocycles. The van der Waals surface area contributed by atoms with Crippen molar-refractivity contribution in [1.82, 2.24) is 29.4 Å². The molecule has 0 aliphatic heterocycles. The summed E-state index contributed by atoms with van der Waals surface area (Å²) in [4.78, 5) is 32.8. The van der Waals surface area contributed by atoms with E-state index in [0.717, 1.165) is 10.9 Å². The number of anilines is 2. The van der Waals surface area contributed by atoms with E-state index in [-0.39, 0.29) is 6.03 Å². The third-order valence-electron chi connectivity index (χ3n) is 5.19. The Morgan fingerprint density at radius 3 is 2.61 bits per heavy atom. The number of pyridine rings is 1. The van der Waals surface area contributed by atoms with Crippen molar-refractivity contribution in [2.75, 3.05) is 26.5 Å². The maximum absolute atomic E-state index is 13.0. The lowest BCUT2D eigenvalue weighted by molar-refractivity contribution is 0.220. The second-order valence-corrected chi connectivity index (χ2v) is 7.58. The Morgan fingerprint density at radius 2 is 1.85 bits per heavy atom. The molecule has 0 aliphatic rings. The second-order valence-electron chi connectivity index (χ2n) is 7.58. The van der Waals surface area contributed by atoms with E-state index >= 15 is 0 Å². The van der Waals surface area contributed by atoms with Crippen LogP contribution >= 0.6 is 0 Å². The number of para-hydroxylation sites is 2. The molecule has 0 saturated carbocycles. The number of benzene rings is 2. The molecule has 1 amide bonds. The Morgan fingerprint density at radius 1 is 1.00 bits per heavy atom. The second kappa shape index (κ2) is 8.19. The maximum atomic E-state index is 13.0. The third-order valence-corrected chi connectivity index (χ3v) is 5.19. The van der Waals surface area contributed by atoms with Crippen LogP contribution in [0, 0.1) is 0 Å². The van der Waals surface area contributed by atoms with E-state index in [4.69, 9.17) is 14.7 Å². The first-order valence-electron chi connectivity index (χ1n) is 10.3. The van der Waals surface area contributed by atoms with E-state index in [9.17, 15) is 4.79 Å². The summed E-state index contributed by atoms with van der Waals surface area (Å²) in [6.07, 6.45) is 3.41. The minimum absolute atomic E-state index is 0.227. The summed E-state index contributed by atoms with van der Waals surface area (Å²) >= 11 is 0. The van der Waals surface area contributed by atoms with Crippen LogP contribution in [-0.4, -0.2) is 56.6 Å². The molecule has 0 bridgehead atoms. The van der Waals surface area contributed by atoms with Gasteiger partial charge in [-0.25, -0.2) is 24.3 Å². The maximum Gasteiger partial charge on any atom is 0.331 e. The lowest BCUT2D eigenvalue weighted by Gasteiger charge is -2.15. The highest BCUT2D eigenvalue weighted by Crippen LogP contribution is 2.31. The Balaban J connectivity index is 1.72. The number of hydrogen-bond acceptors (Lipinski definition) is 7. The fourth-order valence-electron chi connectivity index (χ4n) is 3.56. The zero-order chi connectivity index (χ0) is 22.9. The fraction of sp³-hybridized carbons (Fsp3) is 0.125. The molecule has 0 atom stereocenters. The molecule has 5 rings (SSSR count). The van der Waals surface area contributed by atoms with Crippen LogP contribution < -0.4 is 10.1 Å². The van der Waals surface area contributed by atoms with E-state index in [0.29, 0.717) is 39.9 Å². The fourth-order valence-corrected chi connectivity index (χ4v) is 3.56. The Kier molecular flexibility index (Phi) is 5.06. The van der Waals surface area contributed by atoms with Crippen LogP contribution in [0.25, 0.3) is 33.3 Å². The van der Waals surface area contributed by atoms with Crippen molar-refractivity contribution in [2.45, 2.75) is 0 Å². The molecule has 164 valence electrons. The van der Waals surface area contributed by atoms with Gasteiger partial charge in [0, 0.05) is 37.4 Å². The molecule has 1 N–H and O–H groups in total. The number of nitrogens with one attached hydrogen (secondary N) is 1. The minimum Gasteiger partial charge on any atom is -0.497 e. The molecule has 0 radical (unpaired) electrons. The van der Waals surface area contributed by atoms with Crippen molar-refractivity contribution in [3.05, 3.63) is 67.0 Å². The van der Waals surface area contributed by atoms with Gasteiger partial charge in [0.1, 0.15) is 11.6 Å². The number of aromatic nitrogens is 5. The summed E-state index contributed by atoms with van der Waals surface area (Å²) in [6.45, 7) is 0. The summed E-state index contributed by atoms with van der Waals surface area (Å²) in [7, 11) is 5.01. The summed E-state index contributed by atoms with van der Waals surface area (Å²) < 4.78 is 6.94. The van der Waals surface area contributed by atoms with Gasteiger partial charge in [-0.05, 0) is 42.5 Å². The molecule has 0 saturated heterocycles. The van der Waals surface area contributed by atoms with Crippen molar-refractivity contribution in [3.8, 4) is 17.1 Å². The third kappa shape index (κ3) is 3.69. The molecular formula is C24H21N7O2. The average molecular weight is 439 g/mol. The lowest BCUT2D eigenvalue weighted by Crippen LogP contribution is -2.28. The van der Waals surface area contributed by atoms with Crippen LogP contribution in [0.5, 0.6) is 5.75 Å². The van der Waals surface area contributed by atoms with Crippen LogP contribution in [0.1, 0.15) is 0 Å². The molecule has 0 unspecified atom stereocenters. The van der Waals surface area contributed by atoms with Crippen molar-refractivity contribution in [1.29, 1.82) is 0 Å². The first-order chi connectivity index (χ1) is 16.0. The number of fused-ring (bicyclic) bond motifs is 2. The van der Waals surface area contributed by atoms with E-state index in [2.05, 4.69) is 15.3 Å². The van der Waals surface area contributed by atoms with Crippen LogP contribution in [0.2, 0.25) is 0 Å². The van der Waals surface area contributed by atoms with Gasteiger partial charge >= 0.3 is 6.03 Å². The topological polar surface area (TPSA) is 98.1 Å². The molecular weight excluding hydrogens is 418 g/mol. The molecule has 0 fully saturated rings. The van der Waals surface area contributed by atoms with Gasteiger partial charge in [-0.3, -0.25) is 4.98 Å². The van der Waals surface area contributed by atoms with Gasteiger partial charge in [-0.1, -0.05) is 12.1 Å². The predicted octanol–water partition coefficient (Wildman–Crippen LogP) is 4.32. The lowest BCUT2D eigenvalue weighted by atomic mass is 10.2. The molecule has 2 aromatic carbocycles. The van der Waals surface area contributed by atoms with Crippen molar-refractivity contribution >= 4 is 39.7 Å². The van der Waals surface area contributed by atoms with Crippen LogP contribution in [0.4, 0.5) is 16.6 Å². The minimum atomic E-state index is -0.227. The van der Waals surface area contributed by atoms with Crippen molar-refractivity contribution in [3.63, 3.8) is 0 Å². The Hall–Kier alpha value is -4.53. The highest BCUT2D eigenvalue weighted by atomic mass is 16.5. The SMILES string of the molecule is COc1ccc2nc(-c3cccnc3)nc(Nc3nc4ccccc4n3C(=O)N(C)C)c2c1. The quantitative estimate of drug-likeness (QED) is 0.445. The molecule has 3 aromatic heterocycles. The number of ether oxygens (including phenoxy) is 1. The number of nitrogens with zero attached hydrogens (tertiary/aromatic N) is 6. The van der Waals surface area contributed by atoms with Crippen molar-refractivity contribution < 1.29 is 9.53 Å². The number of rotatable bonds is 4. The van der Waals surface area contributed by atoms with E-state index in [1.54, 1.807) is 33.6 Å². The van der Waals surface area contributed by atoms with Gasteiger partial charge in [0.2, 0.25) is 5.95 Å². The first-order valence-corrected chi connectivity index (χ1v) is 10.3. The normalized spacial score (nSPS) is 11.0. The van der Waals surface area contributed by atoms with Gasteiger partial charge < -0.3 is 15.0 Å². The van der Waals surface area contributed by atoms with Crippen molar-refractivity contribution in [2.24, 2.45) is 0 Å². The average Bonchev–Trinajstić information content (AvgIpc) is 3.21. The van der Waals surface area contributed by atoms with Crippen LogP contribution in [0.15, 0.2) is 67.0 Å². The zero-order valence-electron chi connectivity index (χ0n) is 18.4. The highest BCUT2D eigenvalue weighted by molar-refractivity contribution is 5.96. The number of carbonyl (C=O) groups is 1. The zero-order valence-corrected chi connectivity index (χ0v) is 18.4. The Bertz CT molecular complexity index is 1480. The number of amides is 1. The standard InChI is InChI=1S/C24H21N7O2/c1-30(2)24(32)31-20-9-5-4-8-19(20)27-23(31)29-22-17-13-16(33-3)10-11-18(17)26-21(28-22)15-7-6-12-25-14-15/h4-14H,1-3H3,(H,26,27,28,29). The molecule has 9 nitrogen and oxygen atoms in total. The summed E-state index contributed by atoms with van der Waals surface area (Å²) in [5, 5.41) is 4.01. The number of methoxy groups -OCH3 is 1. The largest absolute Gasteiger partial charge is 0.497 e. The van der Waals surface area contributed by atoms with Crippen LogP contribution in [0.3, 0.4) is 0 Å². The van der Waals surface area contributed by atoms with Gasteiger partial charge in [-0.15, -0.1) is 0 Å². The molecule has 5 aromatic rings. The van der Waals surface area contributed by atoms with Gasteiger partial charge in [0.15, 0.2) is 5.82 Å². The first kappa shape index (κ1) is 20.4. The molecule has 3 heterocycles. The summed E-state index contributed by atoms with van der Waals surface area (Å²) in [5.41, 5.74) is 2.88. The monoisotopic (exact) mass is 439 g/mol. The van der Waals surface area contributed by atoms with Gasteiger partial charge in [-0.2, -0.15) is 0 Å². The molecule has 9 heteroatoms.